The van der Waals surface area contributed by atoms with Crippen LogP contribution in [0.5, 0.6) is 23.0 Å². The second-order valence-corrected chi connectivity index (χ2v) is 5.26. The summed E-state index contributed by atoms with van der Waals surface area (Å²) in [5, 5.41) is 23.4. The molecule has 1 aliphatic heterocycles. The lowest BCUT2D eigenvalue weighted by Gasteiger charge is -2.11. The molecule has 1 unspecified atom stereocenters. The van der Waals surface area contributed by atoms with Crippen LogP contribution < -0.4 is 14.9 Å². The van der Waals surface area contributed by atoms with Crippen LogP contribution in [0.25, 0.3) is 0 Å². The molecule has 6 heteroatoms. The van der Waals surface area contributed by atoms with Crippen molar-refractivity contribution in [2.24, 2.45) is 5.10 Å². The van der Waals surface area contributed by atoms with E-state index < -0.39 is 0 Å². The fraction of sp³-hybridized carbons (Fsp3) is 0.235. The Kier molecular flexibility index (Phi) is 3.97. The molecule has 3 rings (SSSR count). The maximum Gasteiger partial charge on any atom is 0.161 e. The fourth-order valence-corrected chi connectivity index (χ4v) is 2.59. The van der Waals surface area contributed by atoms with Gasteiger partial charge in [-0.3, -0.25) is 0 Å². The first-order chi connectivity index (χ1) is 11.1. The minimum absolute atomic E-state index is 0.0513. The summed E-state index contributed by atoms with van der Waals surface area (Å²) in [6, 6.07) is 10.4. The highest BCUT2D eigenvalue weighted by Gasteiger charge is 2.22. The number of hydrogen-bond donors (Lipinski definition) is 3. The Hall–Kier alpha value is -2.89. The van der Waals surface area contributed by atoms with Gasteiger partial charge in [0, 0.05) is 12.0 Å². The average molecular weight is 314 g/mol. The van der Waals surface area contributed by atoms with Crippen LogP contribution in [-0.2, 0) is 0 Å². The van der Waals surface area contributed by atoms with Gasteiger partial charge in [-0.1, -0.05) is 6.07 Å². The van der Waals surface area contributed by atoms with Crippen molar-refractivity contribution in [3.63, 3.8) is 0 Å². The summed E-state index contributed by atoms with van der Waals surface area (Å²) < 4.78 is 10.6. The number of nitrogens with zero attached hydrogens (tertiary/aromatic N) is 1. The van der Waals surface area contributed by atoms with E-state index in [1.165, 1.54) is 6.07 Å². The summed E-state index contributed by atoms with van der Waals surface area (Å²) in [7, 11) is 3.19. The number of hydrogen-bond acceptors (Lipinski definition) is 6. The number of ether oxygens (including phenoxy) is 2. The van der Waals surface area contributed by atoms with E-state index in [-0.39, 0.29) is 17.5 Å². The lowest BCUT2D eigenvalue weighted by Crippen LogP contribution is -2.09. The molecule has 2 aromatic carbocycles. The summed E-state index contributed by atoms with van der Waals surface area (Å²) in [5.74, 6) is 1.05. The first kappa shape index (κ1) is 15.0. The zero-order chi connectivity index (χ0) is 16.4. The van der Waals surface area contributed by atoms with Gasteiger partial charge in [-0.2, -0.15) is 5.10 Å². The molecule has 23 heavy (non-hydrogen) atoms. The van der Waals surface area contributed by atoms with Gasteiger partial charge in [-0.25, -0.2) is 0 Å². The van der Waals surface area contributed by atoms with Gasteiger partial charge in [0.25, 0.3) is 0 Å². The van der Waals surface area contributed by atoms with E-state index in [1.807, 2.05) is 18.2 Å². The zero-order valence-corrected chi connectivity index (χ0v) is 12.9. The molecule has 1 aliphatic rings. The lowest BCUT2D eigenvalue weighted by atomic mass is 9.98. The third-order valence-electron chi connectivity index (χ3n) is 3.87. The number of aromatic hydroxyl groups is 2. The van der Waals surface area contributed by atoms with Crippen LogP contribution in [-0.4, -0.2) is 30.1 Å². The van der Waals surface area contributed by atoms with Crippen molar-refractivity contribution >= 4 is 5.71 Å². The fourth-order valence-electron chi connectivity index (χ4n) is 2.59. The van der Waals surface area contributed by atoms with E-state index >= 15 is 0 Å². The van der Waals surface area contributed by atoms with Gasteiger partial charge >= 0.3 is 0 Å². The van der Waals surface area contributed by atoms with Gasteiger partial charge in [-0.15, -0.1) is 0 Å². The molecular formula is C17H18N2O4. The van der Waals surface area contributed by atoms with Gasteiger partial charge < -0.3 is 25.1 Å². The molecule has 2 aromatic rings. The average Bonchev–Trinajstić information content (AvgIpc) is 3.06. The monoisotopic (exact) mass is 314 g/mol. The largest absolute Gasteiger partial charge is 0.504 e. The van der Waals surface area contributed by atoms with Crippen molar-refractivity contribution in [1.29, 1.82) is 0 Å². The maximum atomic E-state index is 9.62. The second-order valence-electron chi connectivity index (χ2n) is 5.26. The van der Waals surface area contributed by atoms with Crippen molar-refractivity contribution in [3.05, 3.63) is 47.5 Å². The molecule has 3 N–H and O–H groups in total. The molecule has 0 aliphatic carbocycles. The van der Waals surface area contributed by atoms with Crippen LogP contribution in [0.1, 0.15) is 23.6 Å². The summed E-state index contributed by atoms with van der Waals surface area (Å²) in [5.41, 5.74) is 5.76. The summed E-state index contributed by atoms with van der Waals surface area (Å²) in [6.07, 6.45) is 0.666. The van der Waals surface area contributed by atoms with Crippen molar-refractivity contribution in [2.45, 2.75) is 12.5 Å². The molecular weight excluding hydrogens is 296 g/mol. The Morgan fingerprint density at radius 2 is 1.78 bits per heavy atom. The number of benzene rings is 2. The molecule has 1 atom stereocenters. The van der Waals surface area contributed by atoms with Crippen LogP contribution in [0, 0.1) is 0 Å². The molecule has 0 radical (unpaired) electrons. The predicted molar refractivity (Wildman–Crippen MR) is 86.3 cm³/mol. The van der Waals surface area contributed by atoms with Crippen LogP contribution >= 0.6 is 0 Å². The highest BCUT2D eigenvalue weighted by Crippen LogP contribution is 2.33. The predicted octanol–water partition coefficient (Wildman–Crippen LogP) is 2.55. The normalized spacial score (nSPS) is 16.6. The van der Waals surface area contributed by atoms with E-state index in [4.69, 9.17) is 9.47 Å². The molecule has 6 nitrogen and oxygen atoms in total. The molecule has 120 valence electrons. The SMILES string of the molecule is COc1ccc(C2=NNC(c3ccc(O)c(O)c3)C2)cc1OC. The minimum atomic E-state index is -0.135. The molecule has 1 heterocycles. The molecule has 0 saturated carbocycles. The highest BCUT2D eigenvalue weighted by atomic mass is 16.5. The number of methoxy groups -OCH3 is 2. The Morgan fingerprint density at radius 1 is 1.00 bits per heavy atom. The third kappa shape index (κ3) is 2.88. The van der Waals surface area contributed by atoms with Gasteiger partial charge in [0.1, 0.15) is 0 Å². The lowest BCUT2D eigenvalue weighted by molar-refractivity contribution is 0.355. The van der Waals surface area contributed by atoms with E-state index in [1.54, 1.807) is 26.4 Å². The van der Waals surface area contributed by atoms with Crippen LogP contribution in [0.3, 0.4) is 0 Å². The maximum absolute atomic E-state index is 9.62. The Labute approximate surface area is 134 Å². The van der Waals surface area contributed by atoms with Gasteiger partial charge in [0.15, 0.2) is 23.0 Å². The molecule has 0 spiro atoms. The van der Waals surface area contributed by atoms with Crippen molar-refractivity contribution < 1.29 is 19.7 Å². The minimum Gasteiger partial charge on any atom is -0.504 e. The molecule has 0 fully saturated rings. The number of hydrazone groups is 1. The molecule has 0 saturated heterocycles. The molecule has 0 amide bonds. The van der Waals surface area contributed by atoms with Crippen molar-refractivity contribution in [1.82, 2.24) is 5.43 Å². The van der Waals surface area contributed by atoms with Gasteiger partial charge in [0.2, 0.25) is 0 Å². The molecule has 0 bridgehead atoms. The topological polar surface area (TPSA) is 83.3 Å². The van der Waals surface area contributed by atoms with E-state index in [9.17, 15) is 10.2 Å². The smallest absolute Gasteiger partial charge is 0.161 e. The zero-order valence-electron chi connectivity index (χ0n) is 12.9. The molecule has 0 aromatic heterocycles. The van der Waals surface area contributed by atoms with Crippen LogP contribution in [0.2, 0.25) is 0 Å². The van der Waals surface area contributed by atoms with Crippen LogP contribution in [0.4, 0.5) is 0 Å². The Morgan fingerprint density at radius 3 is 2.48 bits per heavy atom. The Balaban J connectivity index is 1.80. The van der Waals surface area contributed by atoms with Gasteiger partial charge in [0.05, 0.1) is 26.0 Å². The standard InChI is InChI=1S/C17H18N2O4/c1-22-16-6-4-11(8-17(16)23-2)13-9-12(18-19-13)10-3-5-14(20)15(21)7-10/h3-8,12,18,20-21H,9H2,1-2H3. The van der Waals surface area contributed by atoms with Crippen molar-refractivity contribution in [3.8, 4) is 23.0 Å². The summed E-state index contributed by atoms with van der Waals surface area (Å²) >= 11 is 0. The Bertz CT molecular complexity index is 758. The van der Waals surface area contributed by atoms with E-state index in [0.29, 0.717) is 17.9 Å². The summed E-state index contributed by atoms with van der Waals surface area (Å²) in [4.78, 5) is 0. The number of phenols is 2. The summed E-state index contributed by atoms with van der Waals surface area (Å²) in [6.45, 7) is 0. The van der Waals surface area contributed by atoms with E-state index in [2.05, 4.69) is 10.5 Å². The first-order valence-electron chi connectivity index (χ1n) is 7.18. The van der Waals surface area contributed by atoms with Crippen molar-refractivity contribution in [2.75, 3.05) is 14.2 Å². The van der Waals surface area contributed by atoms with Crippen LogP contribution in [0.15, 0.2) is 41.5 Å². The number of rotatable bonds is 4. The number of phenolic OH excluding ortho intramolecular Hbond substituents is 2. The number of nitrogens with one attached hydrogen (secondary N) is 1. The van der Waals surface area contributed by atoms with Gasteiger partial charge in [-0.05, 0) is 35.9 Å². The second kappa shape index (κ2) is 6.08. The quantitative estimate of drug-likeness (QED) is 0.755. The van der Waals surface area contributed by atoms with E-state index in [0.717, 1.165) is 16.8 Å². The first-order valence-corrected chi connectivity index (χ1v) is 7.18. The third-order valence-corrected chi connectivity index (χ3v) is 3.87. The highest BCUT2D eigenvalue weighted by molar-refractivity contribution is 6.02.